The summed E-state index contributed by atoms with van der Waals surface area (Å²) in [4.78, 5) is 12.3. The molecule has 120 valence electrons. The van der Waals surface area contributed by atoms with E-state index in [0.29, 0.717) is 31.1 Å². The number of rotatable bonds is 4. The van der Waals surface area contributed by atoms with Gasteiger partial charge in [-0.25, -0.2) is 0 Å². The maximum atomic E-state index is 12.8. The Morgan fingerprint density at radius 2 is 2.05 bits per heavy atom. The lowest BCUT2D eigenvalue weighted by molar-refractivity contribution is -0.137. The lowest BCUT2D eigenvalue weighted by Crippen LogP contribution is -2.35. The largest absolute Gasteiger partial charge is 0.416 e. The molecule has 3 rings (SSSR count). The molecule has 2 aliphatic rings. The highest BCUT2D eigenvalue weighted by Crippen LogP contribution is 2.34. The Hall–Kier alpha value is -1.56. The Balaban J connectivity index is 1.73. The zero-order chi connectivity index (χ0) is 15.7. The van der Waals surface area contributed by atoms with Gasteiger partial charge in [-0.15, -0.1) is 0 Å². The first-order valence-electron chi connectivity index (χ1n) is 7.61. The van der Waals surface area contributed by atoms with Gasteiger partial charge in [-0.2, -0.15) is 13.2 Å². The molecule has 1 saturated carbocycles. The Morgan fingerprint density at radius 1 is 1.27 bits per heavy atom. The van der Waals surface area contributed by atoms with Gasteiger partial charge in [-0.05, 0) is 30.4 Å². The molecule has 0 aromatic heterocycles. The molecule has 22 heavy (non-hydrogen) atoms. The average molecular weight is 312 g/mol. The van der Waals surface area contributed by atoms with Gasteiger partial charge in [0, 0.05) is 25.6 Å². The van der Waals surface area contributed by atoms with Crippen LogP contribution in [0.25, 0.3) is 0 Å². The fourth-order valence-electron chi connectivity index (χ4n) is 2.95. The van der Waals surface area contributed by atoms with E-state index in [4.69, 9.17) is 0 Å². The summed E-state index contributed by atoms with van der Waals surface area (Å²) >= 11 is 0. The van der Waals surface area contributed by atoms with Crippen LogP contribution < -0.4 is 10.6 Å². The standard InChI is InChI=1S/C16H19F3N2O/c17-16(18,19)12-3-1-2-11(6-12)13-8-20-9-14(13)15(22)21-7-10-4-5-10/h1-3,6,10,13-14,20H,4-5,7-9H2,(H,21,22). The predicted octanol–water partition coefficient (Wildman–Crippen LogP) is 2.53. The van der Waals surface area contributed by atoms with Crippen LogP contribution in [-0.4, -0.2) is 25.5 Å². The molecule has 1 aromatic carbocycles. The Morgan fingerprint density at radius 3 is 2.73 bits per heavy atom. The van der Waals surface area contributed by atoms with Crippen molar-refractivity contribution in [2.75, 3.05) is 19.6 Å². The van der Waals surface area contributed by atoms with Crippen molar-refractivity contribution in [2.24, 2.45) is 11.8 Å². The number of carbonyl (C=O) groups excluding carboxylic acids is 1. The van der Waals surface area contributed by atoms with E-state index < -0.39 is 11.7 Å². The second-order valence-electron chi connectivity index (χ2n) is 6.18. The topological polar surface area (TPSA) is 41.1 Å². The number of nitrogens with one attached hydrogen (secondary N) is 2. The number of halogens is 3. The third-order valence-corrected chi connectivity index (χ3v) is 4.45. The summed E-state index contributed by atoms with van der Waals surface area (Å²) in [5, 5.41) is 6.05. The molecule has 1 amide bonds. The molecular formula is C16H19F3N2O. The van der Waals surface area contributed by atoms with Crippen molar-refractivity contribution in [3.63, 3.8) is 0 Å². The van der Waals surface area contributed by atoms with Crippen LogP contribution >= 0.6 is 0 Å². The van der Waals surface area contributed by atoms with Gasteiger partial charge in [0.2, 0.25) is 5.91 Å². The number of carbonyl (C=O) groups is 1. The highest BCUT2D eigenvalue weighted by Gasteiger charge is 2.36. The van der Waals surface area contributed by atoms with Crippen LogP contribution in [0.2, 0.25) is 0 Å². The van der Waals surface area contributed by atoms with E-state index in [9.17, 15) is 18.0 Å². The Bertz CT molecular complexity index is 555. The van der Waals surface area contributed by atoms with E-state index in [1.54, 1.807) is 6.07 Å². The van der Waals surface area contributed by atoms with Gasteiger partial charge in [0.25, 0.3) is 0 Å². The van der Waals surface area contributed by atoms with Crippen LogP contribution in [0.15, 0.2) is 24.3 Å². The van der Waals surface area contributed by atoms with Gasteiger partial charge >= 0.3 is 6.18 Å². The van der Waals surface area contributed by atoms with Crippen molar-refractivity contribution < 1.29 is 18.0 Å². The van der Waals surface area contributed by atoms with Crippen LogP contribution in [0, 0.1) is 11.8 Å². The van der Waals surface area contributed by atoms with E-state index in [0.717, 1.165) is 18.9 Å². The summed E-state index contributed by atoms with van der Waals surface area (Å²) in [6.45, 7) is 1.73. The number of hydrogen-bond acceptors (Lipinski definition) is 2. The van der Waals surface area contributed by atoms with Crippen LogP contribution in [-0.2, 0) is 11.0 Å². The fraction of sp³-hybridized carbons (Fsp3) is 0.562. The molecule has 3 nitrogen and oxygen atoms in total. The summed E-state index contributed by atoms with van der Waals surface area (Å²) in [6, 6.07) is 5.32. The normalized spacial score (nSPS) is 25.2. The molecule has 0 spiro atoms. The molecule has 1 saturated heterocycles. The molecule has 2 atom stereocenters. The van der Waals surface area contributed by atoms with Crippen LogP contribution in [0.5, 0.6) is 0 Å². The molecule has 0 bridgehead atoms. The van der Waals surface area contributed by atoms with E-state index in [1.165, 1.54) is 12.1 Å². The van der Waals surface area contributed by atoms with Gasteiger partial charge in [0.1, 0.15) is 0 Å². The molecule has 1 aromatic rings. The van der Waals surface area contributed by atoms with Crippen molar-refractivity contribution in [3.8, 4) is 0 Å². The minimum absolute atomic E-state index is 0.0562. The van der Waals surface area contributed by atoms with E-state index in [1.807, 2.05) is 0 Å². The molecule has 1 aliphatic carbocycles. The zero-order valence-electron chi connectivity index (χ0n) is 12.1. The fourth-order valence-corrected chi connectivity index (χ4v) is 2.95. The predicted molar refractivity (Wildman–Crippen MR) is 76.3 cm³/mol. The lowest BCUT2D eigenvalue weighted by atomic mass is 9.87. The van der Waals surface area contributed by atoms with Crippen molar-refractivity contribution in [3.05, 3.63) is 35.4 Å². The highest BCUT2D eigenvalue weighted by atomic mass is 19.4. The molecule has 2 unspecified atom stereocenters. The molecule has 0 radical (unpaired) electrons. The summed E-state index contributed by atoms with van der Waals surface area (Å²) in [5.74, 6) is 0.0216. The highest BCUT2D eigenvalue weighted by molar-refractivity contribution is 5.80. The van der Waals surface area contributed by atoms with E-state index in [2.05, 4.69) is 10.6 Å². The van der Waals surface area contributed by atoms with E-state index in [-0.39, 0.29) is 17.7 Å². The zero-order valence-corrected chi connectivity index (χ0v) is 12.1. The summed E-state index contributed by atoms with van der Waals surface area (Å²) in [5.41, 5.74) is -0.0829. The SMILES string of the molecule is O=C(NCC1CC1)C1CNCC1c1cccc(C(F)(F)F)c1. The van der Waals surface area contributed by atoms with E-state index >= 15 is 0 Å². The number of amides is 1. The molecule has 2 N–H and O–H groups in total. The van der Waals surface area contributed by atoms with Gasteiger partial charge in [-0.1, -0.05) is 18.2 Å². The minimum Gasteiger partial charge on any atom is -0.356 e. The van der Waals surface area contributed by atoms with Gasteiger partial charge in [-0.3, -0.25) is 4.79 Å². The number of benzene rings is 1. The molecule has 2 fully saturated rings. The smallest absolute Gasteiger partial charge is 0.356 e. The lowest BCUT2D eigenvalue weighted by Gasteiger charge is -2.19. The molecule has 1 heterocycles. The molecule has 1 aliphatic heterocycles. The van der Waals surface area contributed by atoms with Gasteiger partial charge in [0.05, 0.1) is 11.5 Å². The third-order valence-electron chi connectivity index (χ3n) is 4.45. The Kier molecular flexibility index (Phi) is 4.12. The monoisotopic (exact) mass is 312 g/mol. The van der Waals surface area contributed by atoms with Gasteiger partial charge in [0.15, 0.2) is 0 Å². The molecular weight excluding hydrogens is 293 g/mol. The van der Waals surface area contributed by atoms with Gasteiger partial charge < -0.3 is 10.6 Å². The first kappa shape index (κ1) is 15.3. The minimum atomic E-state index is -4.36. The van der Waals surface area contributed by atoms with Crippen molar-refractivity contribution in [1.29, 1.82) is 0 Å². The van der Waals surface area contributed by atoms with Crippen molar-refractivity contribution in [1.82, 2.24) is 10.6 Å². The van der Waals surface area contributed by atoms with Crippen LogP contribution in [0.4, 0.5) is 13.2 Å². The summed E-state index contributed by atoms with van der Waals surface area (Å²) < 4.78 is 38.5. The number of hydrogen-bond donors (Lipinski definition) is 2. The summed E-state index contributed by atoms with van der Waals surface area (Å²) in [6.07, 6.45) is -2.05. The Labute approximate surface area is 127 Å². The van der Waals surface area contributed by atoms with Crippen LogP contribution in [0.3, 0.4) is 0 Å². The molecule has 6 heteroatoms. The second-order valence-corrected chi connectivity index (χ2v) is 6.18. The van der Waals surface area contributed by atoms with Crippen molar-refractivity contribution >= 4 is 5.91 Å². The maximum Gasteiger partial charge on any atom is 0.416 e. The average Bonchev–Trinajstić information content (AvgIpc) is 3.18. The number of alkyl halides is 3. The first-order chi connectivity index (χ1) is 10.4. The summed E-state index contributed by atoms with van der Waals surface area (Å²) in [7, 11) is 0. The van der Waals surface area contributed by atoms with Crippen LogP contribution in [0.1, 0.15) is 29.9 Å². The van der Waals surface area contributed by atoms with Crippen molar-refractivity contribution in [2.45, 2.75) is 24.9 Å². The second kappa shape index (κ2) is 5.91. The first-order valence-corrected chi connectivity index (χ1v) is 7.61. The quantitative estimate of drug-likeness (QED) is 0.897. The third kappa shape index (κ3) is 3.43. The maximum absolute atomic E-state index is 12.8.